The topological polar surface area (TPSA) is 567 Å². The molecule has 0 aliphatic carbocycles. The molecule has 0 aliphatic heterocycles. The third kappa shape index (κ3) is 19.6. The van der Waals surface area contributed by atoms with Crippen LogP contribution in [0.4, 0.5) is 71.4 Å². The summed E-state index contributed by atoms with van der Waals surface area (Å²) in [6.45, 7) is 5.10. The Hall–Kier alpha value is -10.9. The van der Waals surface area contributed by atoms with Gasteiger partial charge in [0.2, 0.25) is 71.4 Å². The number of hydrogen-bond acceptors (Lipinski definition) is 30. The summed E-state index contributed by atoms with van der Waals surface area (Å²) in [7, 11) is 0. The molecule has 5 aromatic heterocycles. The highest BCUT2D eigenvalue weighted by molar-refractivity contribution is 6.01. The zero-order valence-electron chi connectivity index (χ0n) is 44.3. The maximum absolute atomic E-state index is 6.28. The van der Waals surface area contributed by atoms with E-state index in [1.54, 1.807) is 4.68 Å². The molecule has 0 atom stereocenters. The quantitative estimate of drug-likeness (QED) is 0.0129. The van der Waals surface area contributed by atoms with Gasteiger partial charge in [-0.1, -0.05) is 53.7 Å². The predicted molar refractivity (Wildman–Crippen MR) is 314 cm³/mol. The second-order valence-corrected chi connectivity index (χ2v) is 17.4. The molecule has 0 fully saturated rings. The minimum atomic E-state index is 0.0277. The summed E-state index contributed by atoms with van der Waals surface area (Å²) in [5.41, 5.74) is 63.0. The van der Waals surface area contributed by atoms with Crippen molar-refractivity contribution in [2.24, 2.45) is 42.9 Å². The van der Waals surface area contributed by atoms with E-state index in [0.717, 1.165) is 47.9 Å². The van der Waals surface area contributed by atoms with Gasteiger partial charge in [0.25, 0.3) is 0 Å². The number of anilines is 12. The van der Waals surface area contributed by atoms with Crippen LogP contribution < -0.4 is 89.2 Å². The summed E-state index contributed by atoms with van der Waals surface area (Å²) in [6, 6.07) is 14.7. The molecule has 7 rings (SSSR count). The van der Waals surface area contributed by atoms with Crippen LogP contribution in [0.5, 0.6) is 0 Å². The van der Waals surface area contributed by atoms with Gasteiger partial charge in [-0.15, -0.1) is 5.10 Å². The van der Waals surface area contributed by atoms with Crippen LogP contribution in [-0.2, 0) is 13.1 Å². The van der Waals surface area contributed by atoms with Crippen molar-refractivity contribution < 1.29 is 0 Å². The Morgan fingerprint density at radius 2 is 0.667 bits per heavy atom. The van der Waals surface area contributed by atoms with Crippen LogP contribution in [0.25, 0.3) is 0 Å². The van der Waals surface area contributed by atoms with Crippen molar-refractivity contribution in [3.63, 3.8) is 0 Å². The number of aromatic nitrogens is 15. The number of nitrogen functional groups attached to an aromatic ring is 6. The fourth-order valence-corrected chi connectivity index (χ4v) is 7.17. The number of unbranched alkanes of at least 4 members (excludes halogenated alkanes) is 2. The van der Waals surface area contributed by atoms with Gasteiger partial charge >= 0.3 is 0 Å². The number of nitrogens with one attached hydrogen (secondary N) is 6. The third-order valence-corrected chi connectivity index (χ3v) is 11.1. The average Bonchev–Trinajstić information content (AvgIpc) is 3.90. The lowest BCUT2D eigenvalue weighted by atomic mass is 10.1. The normalized spacial score (nSPS) is 12.0. The highest BCUT2D eigenvalue weighted by Gasteiger charge is 2.10. The average molecular weight is 1110 g/mol. The van der Waals surface area contributed by atoms with Gasteiger partial charge < -0.3 is 89.2 Å². The highest BCUT2D eigenvalue weighted by Crippen LogP contribution is 2.12. The van der Waals surface area contributed by atoms with E-state index in [4.69, 9.17) is 57.3 Å². The van der Waals surface area contributed by atoms with Gasteiger partial charge in [-0.25, -0.2) is 0 Å². The van der Waals surface area contributed by atoms with Crippen LogP contribution in [0, 0.1) is 0 Å². The van der Waals surface area contributed by atoms with Crippen molar-refractivity contribution in [3.05, 3.63) is 82.7 Å². The van der Waals surface area contributed by atoms with E-state index in [1.807, 2.05) is 54.7 Å². The van der Waals surface area contributed by atoms with Gasteiger partial charge in [0, 0.05) is 74.6 Å². The lowest BCUT2D eigenvalue weighted by Crippen LogP contribution is -2.18. The lowest BCUT2D eigenvalue weighted by Gasteiger charge is -2.09. The Bertz CT molecular complexity index is 3210. The lowest BCUT2D eigenvalue weighted by molar-refractivity contribution is 0.569. The molecule has 0 unspecified atom stereocenters. The minimum absolute atomic E-state index is 0.0277. The first-order chi connectivity index (χ1) is 39.2. The summed E-state index contributed by atoms with van der Waals surface area (Å²) in [5.74, 6) is 3.67. The first-order valence-corrected chi connectivity index (χ1v) is 25.5. The molecule has 426 valence electrons. The second-order valence-electron chi connectivity index (χ2n) is 17.4. The van der Waals surface area contributed by atoms with Crippen LogP contribution in [0.1, 0.15) is 60.1 Å². The van der Waals surface area contributed by atoms with Gasteiger partial charge in [0.1, 0.15) is 29.0 Å². The Morgan fingerprint density at radius 3 is 1.05 bits per heavy atom. The first-order valence-electron chi connectivity index (χ1n) is 25.5. The number of rotatable bonds is 32. The molecule has 2 aromatic carbocycles. The van der Waals surface area contributed by atoms with Gasteiger partial charge in [-0.05, 0) is 32.1 Å². The van der Waals surface area contributed by atoms with E-state index in [-0.39, 0.29) is 54.1 Å². The number of aryl methyl sites for hydroxylation is 1. The zero-order valence-corrected chi connectivity index (χ0v) is 44.3. The molecule has 0 amide bonds. The molecule has 0 saturated heterocycles. The molecule has 81 heavy (non-hydrogen) atoms. The van der Waals surface area contributed by atoms with E-state index in [0.29, 0.717) is 125 Å². The van der Waals surface area contributed by atoms with Crippen molar-refractivity contribution in [1.82, 2.24) is 74.8 Å². The molecule has 7 aromatic rings. The number of amidine groups is 4. The summed E-state index contributed by atoms with van der Waals surface area (Å²) in [5, 5.41) is 27.1. The van der Waals surface area contributed by atoms with Crippen molar-refractivity contribution in [1.29, 1.82) is 0 Å². The Morgan fingerprint density at radius 1 is 0.358 bits per heavy atom. The number of aliphatic imine (C=N–C) groups is 4. The predicted octanol–water partition coefficient (Wildman–Crippen LogP) is -1.54. The molecular formula is C46H67N35. The van der Waals surface area contributed by atoms with Crippen molar-refractivity contribution >= 4 is 94.7 Å². The van der Waals surface area contributed by atoms with Crippen LogP contribution in [0.2, 0.25) is 0 Å². The molecule has 0 bridgehead atoms. The van der Waals surface area contributed by atoms with Crippen LogP contribution in [0.15, 0.2) is 74.7 Å². The SMILES string of the molecule is NC(=NCCCCNc1nc(N)nc(N)n1)c1ccc(C(N)=NCCNc2nc(N)nc(NCCCn3cc(CNc4nc(N)nc(NCCN=C(N)c5ccc(C(N)=NCCCCNc6nc(N)nc(N)n6)cc5)n4)nn3)n2)cc1. The molecule has 5 heterocycles. The maximum Gasteiger partial charge on any atom is 0.229 e. The van der Waals surface area contributed by atoms with Crippen LogP contribution in [-0.4, -0.2) is 157 Å². The standard InChI is InChI=1S/C46H67N35/c47-31(57-14-1-3-16-61-41-69-35(51)67-36(52)70-41)26-6-10-28(11-7-26)33(49)59-19-21-64-44-74-39(55)73-43(77-44)63-18-5-23-81-25-30(79-80-81)24-66-46-76-40(56)75-45(78-46)65-22-20-60-34(50)29-12-8-27(9-13-29)32(48)58-15-2-4-17-62-42-71-37(53)68-38(54)72-42/h6-13,25H,1-5,14-24H2,(H2,47,57)(H2,48,58)(H2,49,59)(H2,50,60)(H5,51,52,61,67,69,70)(H5,53,54,62,68,71,72)(H4,55,63,64,73,74,77)(H4,56,65,66,75,76,78). The zero-order chi connectivity index (χ0) is 57.3. The maximum atomic E-state index is 6.28. The summed E-state index contributed by atoms with van der Waals surface area (Å²) in [6.07, 6.45) is 5.66. The molecule has 0 aliphatic rings. The van der Waals surface area contributed by atoms with Gasteiger partial charge in [-0.3, -0.25) is 24.7 Å². The van der Waals surface area contributed by atoms with E-state index < -0.39 is 0 Å². The van der Waals surface area contributed by atoms with E-state index in [2.05, 4.69) is 122 Å². The third-order valence-electron chi connectivity index (χ3n) is 11.1. The van der Waals surface area contributed by atoms with E-state index in [9.17, 15) is 0 Å². The molecule has 35 heteroatoms. The Balaban J connectivity index is 0.750. The molecule has 0 radical (unpaired) electrons. The van der Waals surface area contributed by atoms with Crippen LogP contribution >= 0.6 is 0 Å². The highest BCUT2D eigenvalue weighted by atomic mass is 15.4. The minimum Gasteiger partial charge on any atom is -0.384 e. The Labute approximate surface area is 464 Å². The molecule has 35 nitrogen and oxygen atoms in total. The first kappa shape index (κ1) is 57.8. The number of hydrogen-bond donors (Lipinski definition) is 16. The number of benzene rings is 2. The van der Waals surface area contributed by atoms with Gasteiger partial charge in [0.05, 0.1) is 25.8 Å². The molecule has 0 spiro atoms. The summed E-state index contributed by atoms with van der Waals surface area (Å²) >= 11 is 0. The van der Waals surface area contributed by atoms with Gasteiger partial charge in [0.15, 0.2) is 0 Å². The Kier molecular flexibility index (Phi) is 21.1. The smallest absolute Gasteiger partial charge is 0.229 e. The summed E-state index contributed by atoms with van der Waals surface area (Å²) in [4.78, 5) is 67.0. The molecule has 26 N–H and O–H groups in total. The fraction of sp³-hybridized carbons (Fsp3) is 0.348. The van der Waals surface area contributed by atoms with Crippen LogP contribution in [0.3, 0.4) is 0 Å². The summed E-state index contributed by atoms with van der Waals surface area (Å²) < 4.78 is 1.72. The number of nitrogens with zero attached hydrogens (tertiary/aromatic N) is 19. The van der Waals surface area contributed by atoms with Gasteiger partial charge in [-0.2, -0.15) is 59.8 Å². The monoisotopic (exact) mass is 1110 g/mol. The van der Waals surface area contributed by atoms with Crippen molar-refractivity contribution in [3.8, 4) is 0 Å². The second kappa shape index (κ2) is 29.6. The largest absolute Gasteiger partial charge is 0.384 e. The molecule has 0 saturated carbocycles. The van der Waals surface area contributed by atoms with Crippen molar-refractivity contribution in [2.75, 3.05) is 125 Å². The fourth-order valence-electron chi connectivity index (χ4n) is 7.17. The number of nitrogens with two attached hydrogens (primary N) is 10. The van der Waals surface area contributed by atoms with E-state index >= 15 is 0 Å². The van der Waals surface area contributed by atoms with E-state index in [1.165, 1.54) is 0 Å². The molecular weight excluding hydrogens is 1040 g/mol. The van der Waals surface area contributed by atoms with Crippen molar-refractivity contribution in [2.45, 2.75) is 45.2 Å².